The summed E-state index contributed by atoms with van der Waals surface area (Å²) in [7, 11) is 0. The molecule has 0 heterocycles. The van der Waals surface area contributed by atoms with Crippen molar-refractivity contribution < 1.29 is 19.5 Å². The summed E-state index contributed by atoms with van der Waals surface area (Å²) in [4.78, 5) is 39.0. The third kappa shape index (κ3) is 9.98. The van der Waals surface area contributed by atoms with E-state index in [0.717, 1.165) is 12.0 Å². The van der Waals surface area contributed by atoms with Gasteiger partial charge in [0.1, 0.15) is 6.42 Å². The van der Waals surface area contributed by atoms with Gasteiger partial charge in [0, 0.05) is 13.0 Å². The molecule has 0 aromatic heterocycles. The lowest BCUT2D eigenvalue weighted by molar-refractivity contribution is -0.141. The van der Waals surface area contributed by atoms with E-state index < -0.39 is 24.3 Å². The molecular weight excluding hydrogens is 348 g/mol. The highest BCUT2D eigenvalue weighted by molar-refractivity contribution is 5.96. The molecule has 148 valence electrons. The Morgan fingerprint density at radius 3 is 2.44 bits per heavy atom. The minimum Gasteiger partial charge on any atom is -0.481 e. The molecule has 1 amide bonds. The van der Waals surface area contributed by atoms with Gasteiger partial charge >= 0.3 is 5.97 Å². The van der Waals surface area contributed by atoms with Crippen molar-refractivity contribution in [2.24, 2.45) is 22.4 Å². The zero-order valence-corrected chi connectivity index (χ0v) is 15.6. The number of nitrogens with one attached hydrogen (secondary N) is 1. The van der Waals surface area contributed by atoms with Crippen LogP contribution in [0.25, 0.3) is 0 Å². The zero-order chi connectivity index (χ0) is 20.2. The van der Waals surface area contributed by atoms with E-state index in [9.17, 15) is 14.4 Å². The highest BCUT2D eigenvalue weighted by Gasteiger charge is 2.23. The molecule has 0 aliphatic rings. The number of benzene rings is 1. The summed E-state index contributed by atoms with van der Waals surface area (Å²) in [6.07, 6.45) is 1.20. The summed E-state index contributed by atoms with van der Waals surface area (Å²) in [5.74, 6) is -1.99. The average molecular weight is 376 g/mol. The van der Waals surface area contributed by atoms with E-state index in [0.29, 0.717) is 19.4 Å². The number of rotatable bonds is 12. The second-order valence-electron chi connectivity index (χ2n) is 6.60. The van der Waals surface area contributed by atoms with Gasteiger partial charge in [-0.2, -0.15) is 0 Å². The molecule has 1 rings (SSSR count). The largest absolute Gasteiger partial charge is 0.481 e. The van der Waals surface area contributed by atoms with Crippen molar-refractivity contribution >= 4 is 23.6 Å². The summed E-state index contributed by atoms with van der Waals surface area (Å²) in [6.45, 7) is 2.31. The zero-order valence-electron chi connectivity index (χ0n) is 15.6. The van der Waals surface area contributed by atoms with Gasteiger partial charge in [0.2, 0.25) is 5.91 Å². The van der Waals surface area contributed by atoms with E-state index in [1.807, 2.05) is 37.3 Å². The summed E-state index contributed by atoms with van der Waals surface area (Å²) >= 11 is 0. The lowest BCUT2D eigenvalue weighted by Gasteiger charge is -2.19. The van der Waals surface area contributed by atoms with E-state index >= 15 is 0 Å². The molecule has 0 saturated heterocycles. The van der Waals surface area contributed by atoms with Crippen LogP contribution < -0.4 is 16.8 Å². The molecule has 1 aromatic rings. The number of aliphatic carboxylic acids is 1. The normalized spacial score (nSPS) is 12.6. The Bertz CT molecular complexity index is 657. The molecule has 0 aliphatic carbocycles. The Morgan fingerprint density at radius 1 is 1.19 bits per heavy atom. The van der Waals surface area contributed by atoms with Gasteiger partial charge in [0.15, 0.2) is 11.7 Å². The topological polar surface area (TPSA) is 148 Å². The second kappa shape index (κ2) is 11.7. The number of amides is 1. The fourth-order valence-electron chi connectivity index (χ4n) is 2.77. The first kappa shape index (κ1) is 22.1. The van der Waals surface area contributed by atoms with Crippen molar-refractivity contribution in [1.82, 2.24) is 5.32 Å². The van der Waals surface area contributed by atoms with Crippen LogP contribution in [0.4, 0.5) is 0 Å². The van der Waals surface area contributed by atoms with Gasteiger partial charge in [-0.3, -0.25) is 19.4 Å². The fraction of sp³-hybridized carbons (Fsp3) is 0.474. The smallest absolute Gasteiger partial charge is 0.312 e. The third-order valence-electron chi connectivity index (χ3n) is 3.96. The summed E-state index contributed by atoms with van der Waals surface area (Å²) < 4.78 is 0. The molecule has 6 N–H and O–H groups in total. The van der Waals surface area contributed by atoms with Gasteiger partial charge in [-0.1, -0.05) is 37.3 Å². The number of carbonyl (C=O) groups excluding carboxylic acids is 2. The van der Waals surface area contributed by atoms with Crippen LogP contribution in [0.2, 0.25) is 0 Å². The van der Waals surface area contributed by atoms with Crippen molar-refractivity contribution in [2.75, 3.05) is 6.54 Å². The molecule has 1 aromatic carbocycles. The van der Waals surface area contributed by atoms with Crippen LogP contribution in [0.3, 0.4) is 0 Å². The molecule has 0 saturated carbocycles. The molecule has 8 nitrogen and oxygen atoms in total. The molecule has 0 bridgehead atoms. The molecule has 2 atom stereocenters. The summed E-state index contributed by atoms with van der Waals surface area (Å²) in [6, 6.07) is 9.09. The number of hydrogen-bond donors (Lipinski definition) is 4. The van der Waals surface area contributed by atoms with E-state index in [1.165, 1.54) is 0 Å². The highest BCUT2D eigenvalue weighted by atomic mass is 16.4. The number of carbonyl (C=O) groups is 3. The maximum absolute atomic E-state index is 12.6. The Labute approximate surface area is 159 Å². The van der Waals surface area contributed by atoms with Crippen molar-refractivity contribution in [1.29, 1.82) is 0 Å². The second-order valence-corrected chi connectivity index (χ2v) is 6.60. The van der Waals surface area contributed by atoms with Crippen molar-refractivity contribution in [3.63, 3.8) is 0 Å². The summed E-state index contributed by atoms with van der Waals surface area (Å²) in [5.41, 5.74) is 11.7. The van der Waals surface area contributed by atoms with Crippen LogP contribution in [-0.2, 0) is 20.8 Å². The number of Topliss-reactive ketones (excluding diaryl/α,β-unsaturated/α-hetero) is 1. The quantitative estimate of drug-likeness (QED) is 0.184. The molecule has 0 spiro atoms. The lowest BCUT2D eigenvalue weighted by atomic mass is 9.92. The van der Waals surface area contributed by atoms with Gasteiger partial charge in [-0.25, -0.2) is 0 Å². The average Bonchev–Trinajstić information content (AvgIpc) is 2.57. The molecule has 27 heavy (non-hydrogen) atoms. The minimum absolute atomic E-state index is 0.0377. The predicted octanol–water partition coefficient (Wildman–Crippen LogP) is 0.838. The van der Waals surface area contributed by atoms with Crippen molar-refractivity contribution in [3.05, 3.63) is 35.9 Å². The first-order chi connectivity index (χ1) is 12.8. The minimum atomic E-state index is -1.24. The van der Waals surface area contributed by atoms with Crippen molar-refractivity contribution in [2.45, 2.75) is 45.1 Å². The highest BCUT2D eigenvalue weighted by Crippen LogP contribution is 2.14. The first-order valence-corrected chi connectivity index (χ1v) is 8.91. The number of nitrogens with two attached hydrogens (primary N) is 2. The van der Waals surface area contributed by atoms with E-state index in [1.54, 1.807) is 0 Å². The number of guanidine groups is 1. The molecular formula is C19H28N4O4. The monoisotopic (exact) mass is 376 g/mol. The standard InChI is InChI=1S/C19H28N4O4/c1-13(10-14-6-3-2-4-7-14)11-16(24)15(8-5-9-22-19(20)21)23-17(25)12-18(26)27/h2-4,6-7,13,15H,5,8-12H2,1H3,(H,23,25)(H,26,27)(H4,20,21,22)/t13-,15?/m1/s1. The van der Waals surface area contributed by atoms with Gasteiger partial charge in [-0.05, 0) is 30.7 Å². The van der Waals surface area contributed by atoms with E-state index in [4.69, 9.17) is 16.6 Å². The third-order valence-corrected chi connectivity index (χ3v) is 3.96. The number of carboxylic acid groups (broad SMARTS) is 1. The fourth-order valence-corrected chi connectivity index (χ4v) is 2.77. The maximum atomic E-state index is 12.6. The van der Waals surface area contributed by atoms with Crippen LogP contribution in [-0.4, -0.2) is 41.3 Å². The Morgan fingerprint density at radius 2 is 1.85 bits per heavy atom. The number of aliphatic imine (C=N–C) groups is 1. The van der Waals surface area contributed by atoms with E-state index in [-0.39, 0.29) is 24.1 Å². The van der Waals surface area contributed by atoms with Crippen LogP contribution in [0.15, 0.2) is 35.3 Å². The molecule has 8 heteroatoms. The van der Waals surface area contributed by atoms with Crippen molar-refractivity contribution in [3.8, 4) is 0 Å². The summed E-state index contributed by atoms with van der Waals surface area (Å²) in [5, 5.41) is 11.3. The lowest BCUT2D eigenvalue weighted by Crippen LogP contribution is -2.42. The van der Waals surface area contributed by atoms with Crippen LogP contribution >= 0.6 is 0 Å². The van der Waals surface area contributed by atoms with Crippen LogP contribution in [0, 0.1) is 5.92 Å². The Balaban J connectivity index is 2.64. The van der Waals surface area contributed by atoms with Crippen LogP contribution in [0.1, 0.15) is 38.2 Å². The van der Waals surface area contributed by atoms with Crippen LogP contribution in [0.5, 0.6) is 0 Å². The number of nitrogens with zero attached hydrogens (tertiary/aromatic N) is 1. The van der Waals surface area contributed by atoms with Gasteiger partial charge < -0.3 is 21.9 Å². The number of ketones is 1. The van der Waals surface area contributed by atoms with Gasteiger partial charge in [0.05, 0.1) is 6.04 Å². The maximum Gasteiger partial charge on any atom is 0.312 e. The molecule has 0 aliphatic heterocycles. The van der Waals surface area contributed by atoms with E-state index in [2.05, 4.69) is 10.3 Å². The predicted molar refractivity (Wildman–Crippen MR) is 103 cm³/mol. The molecule has 0 fully saturated rings. The SMILES string of the molecule is C[C@@H](CC(=O)C(CCCN=C(N)N)NC(=O)CC(=O)O)Cc1ccccc1. The number of carboxylic acids is 1. The number of hydrogen-bond acceptors (Lipinski definition) is 4. The first-order valence-electron chi connectivity index (χ1n) is 8.91. The van der Waals surface area contributed by atoms with Gasteiger partial charge in [-0.15, -0.1) is 0 Å². The van der Waals surface area contributed by atoms with Gasteiger partial charge in [0.25, 0.3) is 0 Å². The molecule has 0 radical (unpaired) electrons. The Hall–Kier alpha value is -2.90. The Kier molecular flexibility index (Phi) is 9.57. The molecule has 1 unspecified atom stereocenters.